The van der Waals surface area contributed by atoms with Gasteiger partial charge in [-0.3, -0.25) is 19.7 Å². The molecular formula is C25H28N6O3. The Kier molecular flexibility index (Phi) is 6.00. The van der Waals surface area contributed by atoms with Gasteiger partial charge in [-0.15, -0.1) is 5.10 Å². The van der Waals surface area contributed by atoms with E-state index in [1.807, 2.05) is 47.4 Å². The Bertz CT molecular complexity index is 1220. The average Bonchev–Trinajstić information content (AvgIpc) is 3.59. The average molecular weight is 461 g/mol. The molecule has 1 saturated heterocycles. The van der Waals surface area contributed by atoms with E-state index >= 15 is 0 Å². The highest BCUT2D eigenvalue weighted by Gasteiger charge is 2.30. The standard InChI is InChI=1S/C25H28N6O3/c1-16(32)26-20-11-13-30(14-12-20)23(33)15-17-5-7-18(8-6-17)21-3-2-4-22-27-25(29-31(21)22)28-24(34)19-9-10-19/h2-8,19-20H,9-15H2,1H3,(H,26,32)(H,28,29,34). The lowest BCUT2D eigenvalue weighted by atomic mass is 10.0. The molecule has 2 N–H and O–H groups in total. The predicted molar refractivity (Wildman–Crippen MR) is 127 cm³/mol. The zero-order valence-corrected chi connectivity index (χ0v) is 19.2. The largest absolute Gasteiger partial charge is 0.353 e. The highest BCUT2D eigenvalue weighted by Crippen LogP contribution is 2.30. The number of nitrogens with zero attached hydrogens (tertiary/aromatic N) is 4. The normalized spacial score (nSPS) is 16.4. The van der Waals surface area contributed by atoms with Gasteiger partial charge in [0, 0.05) is 37.5 Å². The second-order valence-electron chi connectivity index (χ2n) is 9.11. The van der Waals surface area contributed by atoms with Crippen LogP contribution in [0.15, 0.2) is 42.5 Å². The summed E-state index contributed by atoms with van der Waals surface area (Å²) in [6.07, 6.45) is 3.77. The number of fused-ring (bicyclic) bond motifs is 1. The molecule has 34 heavy (non-hydrogen) atoms. The van der Waals surface area contributed by atoms with Crippen LogP contribution in [0.25, 0.3) is 16.9 Å². The number of hydrogen-bond donors (Lipinski definition) is 2. The Morgan fingerprint density at radius 1 is 1.00 bits per heavy atom. The van der Waals surface area contributed by atoms with Crippen molar-refractivity contribution < 1.29 is 14.4 Å². The molecule has 2 aliphatic rings. The van der Waals surface area contributed by atoms with Crippen LogP contribution in [-0.4, -0.2) is 56.4 Å². The molecule has 0 bridgehead atoms. The Hall–Kier alpha value is -3.75. The Labute approximate surface area is 197 Å². The first-order chi connectivity index (χ1) is 16.5. The first kappa shape index (κ1) is 22.1. The van der Waals surface area contributed by atoms with Gasteiger partial charge in [0.25, 0.3) is 0 Å². The van der Waals surface area contributed by atoms with Gasteiger partial charge in [-0.05, 0) is 43.4 Å². The summed E-state index contributed by atoms with van der Waals surface area (Å²) in [6.45, 7) is 2.85. The SMILES string of the molecule is CC(=O)NC1CCN(C(=O)Cc2ccc(-c3cccc4nc(NC(=O)C5CC5)nn34)cc2)CC1. The second kappa shape index (κ2) is 9.24. The molecule has 0 unspecified atom stereocenters. The van der Waals surface area contributed by atoms with Crippen LogP contribution in [0.3, 0.4) is 0 Å². The Morgan fingerprint density at radius 3 is 2.41 bits per heavy atom. The Balaban J connectivity index is 1.24. The monoisotopic (exact) mass is 460 g/mol. The number of nitrogens with one attached hydrogen (secondary N) is 2. The number of amides is 3. The van der Waals surface area contributed by atoms with Gasteiger partial charge in [-0.1, -0.05) is 30.3 Å². The molecule has 1 saturated carbocycles. The number of carbonyl (C=O) groups is 3. The number of carbonyl (C=O) groups excluding carboxylic acids is 3. The number of likely N-dealkylation sites (tertiary alicyclic amines) is 1. The van der Waals surface area contributed by atoms with Crippen LogP contribution in [0.5, 0.6) is 0 Å². The zero-order valence-electron chi connectivity index (χ0n) is 19.2. The molecule has 1 aliphatic heterocycles. The smallest absolute Gasteiger partial charge is 0.249 e. The van der Waals surface area contributed by atoms with Gasteiger partial charge >= 0.3 is 0 Å². The predicted octanol–water partition coefficient (Wildman–Crippen LogP) is 2.41. The summed E-state index contributed by atoms with van der Waals surface area (Å²) in [5.41, 5.74) is 3.41. The first-order valence-corrected chi connectivity index (χ1v) is 11.8. The third kappa shape index (κ3) is 4.93. The van der Waals surface area contributed by atoms with E-state index < -0.39 is 0 Å². The Morgan fingerprint density at radius 2 is 1.74 bits per heavy atom. The lowest BCUT2D eigenvalue weighted by Gasteiger charge is -2.32. The van der Waals surface area contributed by atoms with Crippen molar-refractivity contribution in [3.8, 4) is 11.3 Å². The van der Waals surface area contributed by atoms with Crippen LogP contribution in [0.2, 0.25) is 0 Å². The molecule has 1 aromatic carbocycles. The minimum atomic E-state index is -0.0225. The maximum absolute atomic E-state index is 12.8. The van der Waals surface area contributed by atoms with Crippen LogP contribution in [0, 0.1) is 5.92 Å². The lowest BCUT2D eigenvalue weighted by molar-refractivity contribution is -0.131. The fourth-order valence-electron chi connectivity index (χ4n) is 4.37. The third-order valence-electron chi connectivity index (χ3n) is 6.40. The molecule has 0 spiro atoms. The fourth-order valence-corrected chi connectivity index (χ4v) is 4.37. The van der Waals surface area contributed by atoms with Crippen molar-refractivity contribution in [1.29, 1.82) is 0 Å². The van der Waals surface area contributed by atoms with E-state index in [-0.39, 0.29) is 29.7 Å². The summed E-state index contributed by atoms with van der Waals surface area (Å²) < 4.78 is 1.72. The highest BCUT2D eigenvalue weighted by atomic mass is 16.2. The number of anilines is 1. The van der Waals surface area contributed by atoms with E-state index in [2.05, 4.69) is 20.7 Å². The zero-order chi connectivity index (χ0) is 23.7. The van der Waals surface area contributed by atoms with Crippen molar-refractivity contribution in [2.75, 3.05) is 18.4 Å². The van der Waals surface area contributed by atoms with Crippen molar-refractivity contribution in [3.05, 3.63) is 48.0 Å². The molecule has 9 heteroatoms. The molecule has 3 heterocycles. The molecule has 3 amide bonds. The van der Waals surface area contributed by atoms with E-state index in [4.69, 9.17) is 0 Å². The highest BCUT2D eigenvalue weighted by molar-refractivity contribution is 5.92. The molecule has 2 fully saturated rings. The summed E-state index contributed by atoms with van der Waals surface area (Å²) >= 11 is 0. The molecule has 0 atom stereocenters. The third-order valence-corrected chi connectivity index (χ3v) is 6.40. The van der Waals surface area contributed by atoms with E-state index in [0.29, 0.717) is 31.1 Å². The maximum atomic E-state index is 12.8. The first-order valence-electron chi connectivity index (χ1n) is 11.8. The minimum Gasteiger partial charge on any atom is -0.353 e. The van der Waals surface area contributed by atoms with E-state index in [0.717, 1.165) is 42.5 Å². The summed E-state index contributed by atoms with van der Waals surface area (Å²) in [6, 6.07) is 13.7. The van der Waals surface area contributed by atoms with Crippen molar-refractivity contribution in [1.82, 2.24) is 24.8 Å². The number of piperidine rings is 1. The topological polar surface area (TPSA) is 109 Å². The fraction of sp³-hybridized carbons (Fsp3) is 0.400. The quantitative estimate of drug-likeness (QED) is 0.587. The number of benzene rings is 1. The lowest BCUT2D eigenvalue weighted by Crippen LogP contribution is -2.46. The summed E-state index contributed by atoms with van der Waals surface area (Å²) in [5.74, 6) is 0.457. The summed E-state index contributed by atoms with van der Waals surface area (Å²) in [5, 5.41) is 10.2. The maximum Gasteiger partial charge on any atom is 0.249 e. The number of rotatable bonds is 6. The molecule has 5 rings (SSSR count). The van der Waals surface area contributed by atoms with Crippen LogP contribution in [0.4, 0.5) is 5.95 Å². The van der Waals surface area contributed by atoms with Crippen molar-refractivity contribution >= 4 is 29.3 Å². The van der Waals surface area contributed by atoms with Gasteiger partial charge in [0.2, 0.25) is 23.7 Å². The van der Waals surface area contributed by atoms with Crippen molar-refractivity contribution in [2.45, 2.75) is 45.1 Å². The molecule has 3 aromatic rings. The van der Waals surface area contributed by atoms with Gasteiger partial charge in [0.15, 0.2) is 5.65 Å². The van der Waals surface area contributed by atoms with Crippen molar-refractivity contribution in [2.24, 2.45) is 5.92 Å². The minimum absolute atomic E-state index is 0.0224. The summed E-state index contributed by atoms with van der Waals surface area (Å²) in [7, 11) is 0. The molecule has 1 aliphatic carbocycles. The van der Waals surface area contributed by atoms with Gasteiger partial charge in [-0.25, -0.2) is 4.52 Å². The van der Waals surface area contributed by atoms with Crippen LogP contribution in [0.1, 0.15) is 38.2 Å². The van der Waals surface area contributed by atoms with E-state index in [9.17, 15) is 14.4 Å². The number of pyridine rings is 1. The van der Waals surface area contributed by atoms with Gasteiger partial charge in [-0.2, -0.15) is 4.98 Å². The van der Waals surface area contributed by atoms with Crippen LogP contribution >= 0.6 is 0 Å². The molecule has 176 valence electrons. The van der Waals surface area contributed by atoms with E-state index in [1.165, 1.54) is 6.92 Å². The number of aromatic nitrogens is 3. The van der Waals surface area contributed by atoms with Gasteiger partial charge in [0.1, 0.15) is 0 Å². The second-order valence-corrected chi connectivity index (χ2v) is 9.11. The van der Waals surface area contributed by atoms with Crippen molar-refractivity contribution in [3.63, 3.8) is 0 Å². The molecule has 9 nitrogen and oxygen atoms in total. The molecular weight excluding hydrogens is 432 g/mol. The number of hydrogen-bond acceptors (Lipinski definition) is 5. The van der Waals surface area contributed by atoms with E-state index in [1.54, 1.807) is 4.52 Å². The van der Waals surface area contributed by atoms with Crippen LogP contribution in [-0.2, 0) is 20.8 Å². The van der Waals surface area contributed by atoms with Gasteiger partial charge < -0.3 is 10.2 Å². The molecule has 0 radical (unpaired) electrons. The van der Waals surface area contributed by atoms with Gasteiger partial charge in [0.05, 0.1) is 12.1 Å². The van der Waals surface area contributed by atoms with Crippen LogP contribution < -0.4 is 10.6 Å². The summed E-state index contributed by atoms with van der Waals surface area (Å²) in [4.78, 5) is 42.3. The molecule has 2 aromatic heterocycles.